The van der Waals surface area contributed by atoms with Gasteiger partial charge in [0.1, 0.15) is 22.8 Å². The maximum Gasteiger partial charge on any atom is 0.338 e. The molecule has 0 spiro atoms. The number of rotatable bonds is 3. The molecule has 0 amide bonds. The van der Waals surface area contributed by atoms with E-state index in [9.17, 15) is 35.8 Å². The summed E-state index contributed by atoms with van der Waals surface area (Å²) in [6, 6.07) is 5.18. The second kappa shape index (κ2) is 6.14. The van der Waals surface area contributed by atoms with Crippen LogP contribution in [0.25, 0.3) is 0 Å². The van der Waals surface area contributed by atoms with E-state index in [1.54, 1.807) is 6.07 Å². The fraction of sp³-hybridized carbons (Fsp3) is 0.235. The van der Waals surface area contributed by atoms with Crippen molar-refractivity contribution in [3.8, 4) is 17.6 Å². The number of hydrogen-bond acceptors (Lipinski definition) is 3. The zero-order chi connectivity index (χ0) is 21.1. The Balaban J connectivity index is 2.23. The number of nitrogens with zero attached hydrogens (tertiary/aromatic N) is 1. The van der Waals surface area contributed by atoms with Gasteiger partial charge in [-0.15, -0.1) is 0 Å². The normalized spacial score (nSPS) is 22.0. The fourth-order valence-electron chi connectivity index (χ4n) is 3.14. The third kappa shape index (κ3) is 2.63. The van der Waals surface area contributed by atoms with Crippen LogP contribution in [0.1, 0.15) is 28.7 Å². The van der Waals surface area contributed by atoms with E-state index in [-0.39, 0.29) is 5.56 Å². The molecule has 0 bridgehead atoms. The topological polar surface area (TPSA) is 53.2 Å². The molecular formula is C17H9BF7NO2. The van der Waals surface area contributed by atoms with E-state index in [2.05, 4.69) is 0 Å². The number of hydrogen-bond donors (Lipinski definition) is 1. The second-order valence-corrected chi connectivity index (χ2v) is 6.31. The van der Waals surface area contributed by atoms with Gasteiger partial charge in [-0.05, 0) is 24.3 Å². The van der Waals surface area contributed by atoms with Crippen molar-refractivity contribution in [3.63, 3.8) is 0 Å². The Morgan fingerprint density at radius 3 is 2.32 bits per heavy atom. The van der Waals surface area contributed by atoms with E-state index >= 15 is 0 Å². The molecule has 0 radical (unpaired) electrons. The van der Waals surface area contributed by atoms with Gasteiger partial charge in [-0.3, -0.25) is 0 Å². The fourth-order valence-corrected chi connectivity index (χ4v) is 3.14. The van der Waals surface area contributed by atoms with Gasteiger partial charge in [0.15, 0.2) is 7.85 Å². The molecule has 0 aliphatic heterocycles. The summed E-state index contributed by atoms with van der Waals surface area (Å²) in [5.74, 6) is -12.2. The van der Waals surface area contributed by atoms with Gasteiger partial charge in [-0.1, -0.05) is 0 Å². The van der Waals surface area contributed by atoms with Gasteiger partial charge in [0.25, 0.3) is 6.43 Å². The largest absolute Gasteiger partial charge is 0.457 e. The molecule has 11 heteroatoms. The molecule has 0 aromatic heterocycles. The molecule has 0 heterocycles. The van der Waals surface area contributed by atoms with Crippen molar-refractivity contribution in [2.45, 2.75) is 23.8 Å². The van der Waals surface area contributed by atoms with Crippen LogP contribution in [0.3, 0.4) is 0 Å². The van der Waals surface area contributed by atoms with Crippen molar-refractivity contribution in [2.75, 3.05) is 0 Å². The lowest BCUT2D eigenvalue weighted by Crippen LogP contribution is -2.49. The highest BCUT2D eigenvalue weighted by Crippen LogP contribution is 2.61. The average molecular weight is 403 g/mol. The van der Waals surface area contributed by atoms with E-state index in [1.807, 2.05) is 0 Å². The summed E-state index contributed by atoms with van der Waals surface area (Å²) >= 11 is 0. The molecule has 1 N–H and O–H groups in total. The number of alkyl halides is 6. The summed E-state index contributed by atoms with van der Waals surface area (Å²) in [4.78, 5) is 0. The molecule has 3 rings (SSSR count). The van der Waals surface area contributed by atoms with Crippen molar-refractivity contribution in [3.05, 3.63) is 58.4 Å². The van der Waals surface area contributed by atoms with Gasteiger partial charge in [-0.2, -0.15) is 22.8 Å². The lowest BCUT2D eigenvalue weighted by molar-refractivity contribution is -0.260. The number of fused-ring (bicyclic) bond motifs is 1. The van der Waals surface area contributed by atoms with Crippen molar-refractivity contribution >= 4 is 7.85 Å². The van der Waals surface area contributed by atoms with Crippen LogP contribution in [0.2, 0.25) is 0 Å². The molecule has 1 aliphatic rings. The Labute approximate surface area is 154 Å². The maximum atomic E-state index is 14.1. The van der Waals surface area contributed by atoms with Gasteiger partial charge in [-0.25, -0.2) is 13.2 Å². The molecule has 0 unspecified atom stereocenters. The van der Waals surface area contributed by atoms with Crippen molar-refractivity contribution < 1.29 is 40.6 Å². The predicted octanol–water partition coefficient (Wildman–Crippen LogP) is 3.95. The van der Waals surface area contributed by atoms with Crippen LogP contribution < -0.4 is 4.74 Å². The van der Waals surface area contributed by atoms with E-state index in [4.69, 9.17) is 10.00 Å². The second-order valence-electron chi connectivity index (χ2n) is 6.31. The Bertz CT molecular complexity index is 1000. The van der Waals surface area contributed by atoms with Crippen LogP contribution in [-0.4, -0.2) is 18.9 Å². The molecule has 2 aromatic carbocycles. The van der Waals surface area contributed by atoms with Crippen LogP contribution >= 0.6 is 0 Å². The molecule has 1 atom stereocenters. The third-order valence-electron chi connectivity index (χ3n) is 4.48. The summed E-state index contributed by atoms with van der Waals surface area (Å²) in [5, 5.41) is 18.8. The molecule has 146 valence electrons. The molecule has 2 aromatic rings. The minimum Gasteiger partial charge on any atom is -0.457 e. The van der Waals surface area contributed by atoms with Crippen LogP contribution in [0, 0.1) is 17.1 Å². The van der Waals surface area contributed by atoms with E-state index in [0.717, 1.165) is 18.2 Å². The van der Waals surface area contributed by atoms with Crippen molar-refractivity contribution in [1.82, 2.24) is 0 Å². The monoisotopic (exact) mass is 403 g/mol. The number of ether oxygens (including phenoxy) is 1. The third-order valence-corrected chi connectivity index (χ3v) is 4.48. The first-order chi connectivity index (χ1) is 12.8. The SMILES string of the molecule is B[C@]1(O)c2c(ccc(Oc3cc(F)cc(C#N)c3)c2C(F)F)C(F)(F)C1(F)F. The first-order valence-corrected chi connectivity index (χ1v) is 7.67. The van der Waals surface area contributed by atoms with Gasteiger partial charge >= 0.3 is 11.8 Å². The molecule has 0 saturated carbocycles. The number of benzene rings is 2. The Hall–Kier alpha value is -2.74. The smallest absolute Gasteiger partial charge is 0.338 e. The van der Waals surface area contributed by atoms with Crippen LogP contribution in [0.15, 0.2) is 30.3 Å². The number of aliphatic hydroxyl groups is 1. The maximum absolute atomic E-state index is 14.1. The van der Waals surface area contributed by atoms with Gasteiger partial charge < -0.3 is 9.84 Å². The Kier molecular flexibility index (Phi) is 4.39. The highest BCUT2D eigenvalue weighted by Gasteiger charge is 2.74. The minimum absolute atomic E-state index is 0.222. The Morgan fingerprint density at radius 1 is 1.11 bits per heavy atom. The highest BCUT2D eigenvalue weighted by atomic mass is 19.3. The first kappa shape index (κ1) is 20.0. The molecule has 3 nitrogen and oxygen atoms in total. The van der Waals surface area contributed by atoms with E-state index < -0.39 is 57.8 Å². The first-order valence-electron chi connectivity index (χ1n) is 7.67. The van der Waals surface area contributed by atoms with Gasteiger partial charge in [0.05, 0.1) is 17.2 Å². The molecule has 0 saturated heterocycles. The van der Waals surface area contributed by atoms with Crippen molar-refractivity contribution in [2.24, 2.45) is 0 Å². The van der Waals surface area contributed by atoms with Gasteiger partial charge in [0.2, 0.25) is 0 Å². The molecular weight excluding hydrogens is 394 g/mol. The van der Waals surface area contributed by atoms with Crippen LogP contribution in [0.4, 0.5) is 30.7 Å². The zero-order valence-electron chi connectivity index (χ0n) is 13.9. The van der Waals surface area contributed by atoms with Crippen molar-refractivity contribution in [1.29, 1.82) is 5.26 Å². The minimum atomic E-state index is -5.06. The lowest BCUT2D eigenvalue weighted by Gasteiger charge is -2.30. The number of halogens is 7. The van der Waals surface area contributed by atoms with E-state index in [0.29, 0.717) is 20.0 Å². The standard InChI is InChI=1S/C17H9BF7NO2/c18-15(27)13-10(16(22,23)17(15,24)25)1-2-11(12(13)14(20)21)28-9-4-7(6-26)3-8(19)5-9/h1-5,14,27H,18H2/t15-/m0/s1. The van der Waals surface area contributed by atoms with Gasteiger partial charge in [0, 0.05) is 17.2 Å². The number of nitriles is 1. The molecule has 1 aliphatic carbocycles. The van der Waals surface area contributed by atoms with Crippen LogP contribution in [-0.2, 0) is 11.4 Å². The summed E-state index contributed by atoms with van der Waals surface area (Å²) in [6.07, 6.45) is -3.58. The summed E-state index contributed by atoms with van der Waals surface area (Å²) in [5.41, 5.74) is -8.02. The summed E-state index contributed by atoms with van der Waals surface area (Å²) in [7, 11) is 0.304. The summed E-state index contributed by atoms with van der Waals surface area (Å²) < 4.78 is 102. The quantitative estimate of drug-likeness (QED) is 0.624. The molecule has 28 heavy (non-hydrogen) atoms. The summed E-state index contributed by atoms with van der Waals surface area (Å²) in [6.45, 7) is 0. The van der Waals surface area contributed by atoms with Crippen LogP contribution in [0.5, 0.6) is 11.5 Å². The highest BCUT2D eigenvalue weighted by molar-refractivity contribution is 6.16. The van der Waals surface area contributed by atoms with E-state index in [1.165, 1.54) is 0 Å². The Morgan fingerprint density at radius 2 is 1.75 bits per heavy atom. The molecule has 0 fully saturated rings. The predicted molar refractivity (Wildman–Crippen MR) is 83.9 cm³/mol. The lowest BCUT2D eigenvalue weighted by atomic mass is 9.73. The zero-order valence-corrected chi connectivity index (χ0v) is 13.9. The average Bonchev–Trinajstić information content (AvgIpc) is 2.69.